The highest BCUT2D eigenvalue weighted by Gasteiger charge is 2.11. The Kier molecular flexibility index (Phi) is 9.31. The van der Waals surface area contributed by atoms with Crippen molar-refractivity contribution >= 4 is 5.97 Å². The van der Waals surface area contributed by atoms with Crippen molar-refractivity contribution < 1.29 is 27.8 Å². The predicted octanol–water partition coefficient (Wildman–Crippen LogP) is 7.90. The Balaban J connectivity index is 1.40. The van der Waals surface area contributed by atoms with Crippen LogP contribution in [-0.2, 0) is 29.2 Å². The Bertz CT molecular complexity index is 1410. The van der Waals surface area contributed by atoms with E-state index in [2.05, 4.69) is 38.1 Å². The predicted molar refractivity (Wildman–Crippen MR) is 148 cm³/mol. The largest absolute Gasteiger partial charge is 0.489 e. The molecule has 6 heteroatoms. The molecule has 4 nitrogen and oxygen atoms in total. The summed E-state index contributed by atoms with van der Waals surface area (Å²) in [6, 6.07) is 23.0. The van der Waals surface area contributed by atoms with Crippen molar-refractivity contribution in [2.24, 2.45) is 0 Å². The van der Waals surface area contributed by atoms with E-state index in [9.17, 15) is 13.6 Å². The SMILES string of the molecule is CCOC(=O)CCc1ccc(OCc2cccc(-c3c(C)cc(COc4ccc(F)cc4)cc3C)c2)cc1F. The average Bonchev–Trinajstić information content (AvgIpc) is 2.91. The van der Waals surface area contributed by atoms with E-state index < -0.39 is 5.82 Å². The van der Waals surface area contributed by atoms with E-state index >= 15 is 0 Å². The molecule has 0 aliphatic carbocycles. The van der Waals surface area contributed by atoms with Gasteiger partial charge in [-0.1, -0.05) is 36.4 Å². The summed E-state index contributed by atoms with van der Waals surface area (Å²) in [6.07, 6.45) is 0.418. The van der Waals surface area contributed by atoms with Crippen LogP contribution in [0.2, 0.25) is 0 Å². The van der Waals surface area contributed by atoms with Crippen LogP contribution >= 0.6 is 0 Å². The van der Waals surface area contributed by atoms with Gasteiger partial charge in [-0.15, -0.1) is 0 Å². The molecule has 0 N–H and O–H groups in total. The van der Waals surface area contributed by atoms with Crippen LogP contribution in [0.15, 0.2) is 78.9 Å². The maximum absolute atomic E-state index is 14.5. The molecule has 4 rings (SSSR count). The van der Waals surface area contributed by atoms with Gasteiger partial charge in [0.2, 0.25) is 0 Å². The van der Waals surface area contributed by atoms with Gasteiger partial charge in [-0.3, -0.25) is 4.79 Å². The number of rotatable bonds is 11. The van der Waals surface area contributed by atoms with Crippen molar-refractivity contribution in [2.75, 3.05) is 6.61 Å². The first-order valence-electron chi connectivity index (χ1n) is 13.0. The monoisotopic (exact) mass is 530 g/mol. The van der Waals surface area contributed by atoms with Crippen LogP contribution in [-0.4, -0.2) is 12.6 Å². The van der Waals surface area contributed by atoms with Gasteiger partial charge in [0.05, 0.1) is 6.61 Å². The van der Waals surface area contributed by atoms with Gasteiger partial charge in [-0.05, 0) is 103 Å². The molecule has 0 heterocycles. The van der Waals surface area contributed by atoms with Gasteiger partial charge in [0, 0.05) is 12.5 Å². The van der Waals surface area contributed by atoms with E-state index in [1.165, 1.54) is 18.2 Å². The van der Waals surface area contributed by atoms with E-state index in [1.54, 1.807) is 31.2 Å². The highest BCUT2D eigenvalue weighted by molar-refractivity contribution is 5.72. The summed E-state index contributed by atoms with van der Waals surface area (Å²) < 4.78 is 44.3. The molecule has 0 unspecified atom stereocenters. The van der Waals surface area contributed by atoms with Crippen LogP contribution in [0, 0.1) is 25.5 Å². The third-order valence-electron chi connectivity index (χ3n) is 6.36. The van der Waals surface area contributed by atoms with Crippen LogP contribution in [0.25, 0.3) is 11.1 Å². The third-order valence-corrected chi connectivity index (χ3v) is 6.36. The van der Waals surface area contributed by atoms with Crippen LogP contribution in [0.1, 0.15) is 41.2 Å². The van der Waals surface area contributed by atoms with Crippen molar-refractivity contribution in [2.45, 2.75) is 46.8 Å². The molecule has 0 atom stereocenters. The third kappa shape index (κ3) is 7.66. The fourth-order valence-corrected chi connectivity index (χ4v) is 4.56. The fourth-order valence-electron chi connectivity index (χ4n) is 4.56. The molecule has 39 heavy (non-hydrogen) atoms. The van der Waals surface area contributed by atoms with Crippen molar-refractivity contribution in [3.63, 3.8) is 0 Å². The van der Waals surface area contributed by atoms with Crippen molar-refractivity contribution in [3.8, 4) is 22.6 Å². The first-order valence-corrected chi connectivity index (χ1v) is 13.0. The molecule has 0 aromatic heterocycles. The molecule has 0 aliphatic rings. The number of hydrogen-bond acceptors (Lipinski definition) is 4. The molecular formula is C33H32F2O4. The Morgan fingerprint density at radius 3 is 2.13 bits per heavy atom. The number of ether oxygens (including phenoxy) is 3. The van der Waals surface area contributed by atoms with E-state index in [4.69, 9.17) is 14.2 Å². The highest BCUT2D eigenvalue weighted by Crippen LogP contribution is 2.30. The zero-order valence-electron chi connectivity index (χ0n) is 22.4. The van der Waals surface area contributed by atoms with Gasteiger partial charge in [0.15, 0.2) is 0 Å². The van der Waals surface area contributed by atoms with Gasteiger partial charge in [-0.25, -0.2) is 8.78 Å². The number of carbonyl (C=O) groups excluding carboxylic acids is 1. The zero-order valence-corrected chi connectivity index (χ0v) is 22.4. The van der Waals surface area contributed by atoms with E-state index in [1.807, 2.05) is 12.1 Å². The minimum atomic E-state index is -0.403. The topological polar surface area (TPSA) is 44.8 Å². The zero-order chi connectivity index (χ0) is 27.8. The Morgan fingerprint density at radius 2 is 1.44 bits per heavy atom. The summed E-state index contributed by atoms with van der Waals surface area (Å²) in [5, 5.41) is 0. The fraction of sp³-hybridized carbons (Fsp3) is 0.242. The number of benzene rings is 4. The second-order valence-corrected chi connectivity index (χ2v) is 9.39. The second-order valence-electron chi connectivity index (χ2n) is 9.39. The molecule has 202 valence electrons. The van der Waals surface area contributed by atoms with Crippen LogP contribution in [0.3, 0.4) is 0 Å². The number of esters is 1. The quantitative estimate of drug-likeness (QED) is 0.185. The summed E-state index contributed by atoms with van der Waals surface area (Å²) in [6.45, 7) is 6.87. The summed E-state index contributed by atoms with van der Waals surface area (Å²) in [7, 11) is 0. The molecule has 0 radical (unpaired) electrons. The molecule has 0 saturated carbocycles. The lowest BCUT2D eigenvalue weighted by atomic mass is 9.93. The molecule has 0 aliphatic heterocycles. The van der Waals surface area contributed by atoms with Gasteiger partial charge in [-0.2, -0.15) is 0 Å². The first kappa shape index (κ1) is 27.8. The second kappa shape index (κ2) is 13.1. The van der Waals surface area contributed by atoms with Gasteiger partial charge in [0.25, 0.3) is 0 Å². The average molecular weight is 531 g/mol. The van der Waals surface area contributed by atoms with Crippen molar-refractivity contribution in [3.05, 3.63) is 118 Å². The normalized spacial score (nSPS) is 10.8. The first-order chi connectivity index (χ1) is 18.8. The van der Waals surface area contributed by atoms with Crippen molar-refractivity contribution in [1.29, 1.82) is 0 Å². The highest BCUT2D eigenvalue weighted by atomic mass is 19.1. The van der Waals surface area contributed by atoms with Gasteiger partial charge < -0.3 is 14.2 Å². The van der Waals surface area contributed by atoms with Crippen LogP contribution in [0.4, 0.5) is 8.78 Å². The molecule has 0 saturated heterocycles. The molecule has 4 aromatic carbocycles. The summed E-state index contributed by atoms with van der Waals surface area (Å²) in [5.74, 6) is 0.0140. The molecule has 0 fully saturated rings. The molecule has 0 bridgehead atoms. The molecule has 4 aromatic rings. The molecule has 0 spiro atoms. The lowest BCUT2D eigenvalue weighted by Gasteiger charge is -2.15. The van der Waals surface area contributed by atoms with E-state index in [0.717, 1.165) is 33.4 Å². The Hall–Kier alpha value is -4.19. The van der Waals surface area contributed by atoms with E-state index in [-0.39, 0.29) is 31.2 Å². The lowest BCUT2D eigenvalue weighted by Crippen LogP contribution is -2.06. The van der Waals surface area contributed by atoms with Gasteiger partial charge in [0.1, 0.15) is 36.3 Å². The Labute approximate surface area is 228 Å². The molecule has 0 amide bonds. The lowest BCUT2D eigenvalue weighted by molar-refractivity contribution is -0.143. The van der Waals surface area contributed by atoms with Crippen LogP contribution < -0.4 is 9.47 Å². The summed E-state index contributed by atoms with van der Waals surface area (Å²) in [5.41, 5.74) is 6.89. The van der Waals surface area contributed by atoms with Crippen LogP contribution in [0.5, 0.6) is 11.5 Å². The van der Waals surface area contributed by atoms with E-state index in [0.29, 0.717) is 30.3 Å². The standard InChI is InChI=1S/C33H32F2O4/c1-4-37-32(36)15-9-26-8-12-30(19-31(26)35)39-20-24-6-5-7-27(18-24)33-22(2)16-25(17-23(33)3)21-38-29-13-10-28(34)11-14-29/h5-8,10-14,16-19H,4,9,15,20-21H2,1-3H3. The maximum atomic E-state index is 14.5. The minimum Gasteiger partial charge on any atom is -0.489 e. The summed E-state index contributed by atoms with van der Waals surface area (Å²) in [4.78, 5) is 11.5. The molecular weight excluding hydrogens is 498 g/mol. The Morgan fingerprint density at radius 1 is 0.769 bits per heavy atom. The smallest absolute Gasteiger partial charge is 0.306 e. The number of aryl methyl sites for hydroxylation is 3. The minimum absolute atomic E-state index is 0.138. The number of carbonyl (C=O) groups is 1. The van der Waals surface area contributed by atoms with Crippen molar-refractivity contribution in [1.82, 2.24) is 0 Å². The number of hydrogen-bond donors (Lipinski definition) is 0. The number of halogens is 2. The summed E-state index contributed by atoms with van der Waals surface area (Å²) >= 11 is 0. The maximum Gasteiger partial charge on any atom is 0.306 e. The van der Waals surface area contributed by atoms with Gasteiger partial charge >= 0.3 is 5.97 Å².